The van der Waals surface area contributed by atoms with Crippen LogP contribution in [0, 0.1) is 5.92 Å². The molecule has 1 unspecified atom stereocenters. The zero-order valence-corrected chi connectivity index (χ0v) is 9.56. The van der Waals surface area contributed by atoms with Crippen molar-refractivity contribution >= 4 is 14.2 Å². The molecule has 0 fully saturated rings. The van der Waals surface area contributed by atoms with Gasteiger partial charge in [0.05, 0.1) is 0 Å². The van der Waals surface area contributed by atoms with Gasteiger partial charge in [0.2, 0.25) is 9.04 Å². The molecule has 0 saturated heterocycles. The van der Waals surface area contributed by atoms with E-state index in [1.807, 2.05) is 30.3 Å². The summed E-state index contributed by atoms with van der Waals surface area (Å²) in [4.78, 5) is 9.91. The number of hydrogen-bond donors (Lipinski definition) is 1. The first-order chi connectivity index (χ1) is 6.20. The van der Waals surface area contributed by atoms with E-state index in [2.05, 4.69) is 13.8 Å². The molecule has 1 nitrogen and oxygen atoms in total. The number of rotatable bonds is 4. The molecule has 0 radical (unpaired) electrons. The van der Waals surface area contributed by atoms with Crippen LogP contribution in [0.15, 0.2) is 30.3 Å². The summed E-state index contributed by atoms with van der Waals surface area (Å²) in [6.45, 7) is 4.40. The Labute approximate surface area is 82.2 Å². The van der Waals surface area contributed by atoms with Gasteiger partial charge >= 0.3 is 0 Å². The van der Waals surface area contributed by atoms with Gasteiger partial charge in [-0.3, -0.25) is 0 Å². The van der Waals surface area contributed by atoms with E-state index in [-0.39, 0.29) is 0 Å². The Morgan fingerprint density at radius 3 is 2.38 bits per heavy atom. The third kappa shape index (κ3) is 3.74. The largest absolute Gasteiger partial charge is 0.430 e. The fourth-order valence-electron chi connectivity index (χ4n) is 1.33. The van der Waals surface area contributed by atoms with Crippen LogP contribution in [0.4, 0.5) is 0 Å². The Kier molecular flexibility index (Phi) is 4.19. The van der Waals surface area contributed by atoms with E-state index in [0.29, 0.717) is 5.92 Å². The summed E-state index contributed by atoms with van der Waals surface area (Å²) < 4.78 is 0. The van der Waals surface area contributed by atoms with E-state index in [9.17, 15) is 4.80 Å². The molecule has 0 aliphatic carbocycles. The first-order valence-electron chi connectivity index (χ1n) is 4.93. The van der Waals surface area contributed by atoms with Gasteiger partial charge in [0.15, 0.2) is 0 Å². The van der Waals surface area contributed by atoms with Crippen molar-refractivity contribution < 1.29 is 4.80 Å². The van der Waals surface area contributed by atoms with Gasteiger partial charge in [0.1, 0.15) is 0 Å². The standard InChI is InChI=1S/C11H18OSi/c1-10(2)8-9-13(12)11-6-4-3-5-7-11/h3-7,10,12-13H,8-9H2,1-2H3. The van der Waals surface area contributed by atoms with Crippen LogP contribution in [0.1, 0.15) is 20.3 Å². The molecule has 0 aliphatic heterocycles. The molecule has 0 heterocycles. The SMILES string of the molecule is CC(C)CC[SiH](O)c1ccccc1. The maximum atomic E-state index is 9.91. The zero-order chi connectivity index (χ0) is 9.68. The van der Waals surface area contributed by atoms with Crippen molar-refractivity contribution in [3.8, 4) is 0 Å². The molecule has 1 atom stereocenters. The second-order valence-corrected chi connectivity index (χ2v) is 6.17. The fraction of sp³-hybridized carbons (Fsp3) is 0.455. The summed E-state index contributed by atoms with van der Waals surface area (Å²) in [5.41, 5.74) is 0. The van der Waals surface area contributed by atoms with Crippen LogP contribution in [0.2, 0.25) is 6.04 Å². The summed E-state index contributed by atoms with van der Waals surface area (Å²) >= 11 is 0. The minimum atomic E-state index is -1.62. The van der Waals surface area contributed by atoms with E-state index in [1.54, 1.807) is 0 Å². The Bertz CT molecular complexity index is 233. The summed E-state index contributed by atoms with van der Waals surface area (Å²) in [7, 11) is -1.62. The lowest BCUT2D eigenvalue weighted by molar-refractivity contribution is 0.554. The first kappa shape index (κ1) is 10.5. The summed E-state index contributed by atoms with van der Waals surface area (Å²) in [5, 5.41) is 1.17. The molecule has 13 heavy (non-hydrogen) atoms. The van der Waals surface area contributed by atoms with Crippen molar-refractivity contribution in [1.82, 2.24) is 0 Å². The average molecular weight is 194 g/mol. The van der Waals surface area contributed by atoms with E-state index < -0.39 is 9.04 Å². The van der Waals surface area contributed by atoms with Crippen molar-refractivity contribution in [2.24, 2.45) is 5.92 Å². The van der Waals surface area contributed by atoms with Gasteiger partial charge < -0.3 is 4.80 Å². The minimum absolute atomic E-state index is 0.700. The van der Waals surface area contributed by atoms with Crippen molar-refractivity contribution in [3.05, 3.63) is 30.3 Å². The Balaban J connectivity index is 2.44. The second kappa shape index (κ2) is 5.20. The van der Waals surface area contributed by atoms with Gasteiger partial charge in [-0.25, -0.2) is 0 Å². The highest BCUT2D eigenvalue weighted by Gasteiger charge is 2.09. The lowest BCUT2D eigenvalue weighted by Gasteiger charge is -2.09. The maximum absolute atomic E-state index is 9.91. The van der Waals surface area contributed by atoms with Crippen molar-refractivity contribution in [3.63, 3.8) is 0 Å². The van der Waals surface area contributed by atoms with Crippen molar-refractivity contribution in [2.45, 2.75) is 26.3 Å². The molecule has 0 spiro atoms. The van der Waals surface area contributed by atoms with E-state index in [1.165, 1.54) is 5.19 Å². The van der Waals surface area contributed by atoms with Gasteiger partial charge in [0, 0.05) is 0 Å². The molecule has 0 amide bonds. The summed E-state index contributed by atoms with van der Waals surface area (Å²) in [6.07, 6.45) is 1.14. The molecule has 72 valence electrons. The molecule has 1 N–H and O–H groups in total. The highest BCUT2D eigenvalue weighted by molar-refractivity contribution is 6.66. The van der Waals surface area contributed by atoms with E-state index in [4.69, 9.17) is 0 Å². The van der Waals surface area contributed by atoms with Gasteiger partial charge in [-0.2, -0.15) is 0 Å². The molecule has 0 aliphatic rings. The smallest absolute Gasteiger partial charge is 0.204 e. The fourth-order valence-corrected chi connectivity index (χ4v) is 3.32. The number of benzene rings is 1. The molecule has 1 rings (SSSR count). The Morgan fingerprint density at radius 1 is 1.23 bits per heavy atom. The van der Waals surface area contributed by atoms with E-state index in [0.717, 1.165) is 12.5 Å². The molecule has 0 aromatic heterocycles. The molecular formula is C11H18OSi. The topological polar surface area (TPSA) is 20.2 Å². The lowest BCUT2D eigenvalue weighted by atomic mass is 10.2. The van der Waals surface area contributed by atoms with Crippen LogP contribution in [0.25, 0.3) is 0 Å². The summed E-state index contributed by atoms with van der Waals surface area (Å²) in [6, 6.07) is 11.1. The normalized spacial score (nSPS) is 13.2. The molecule has 1 aromatic rings. The lowest BCUT2D eigenvalue weighted by Crippen LogP contribution is -2.29. The third-order valence-electron chi connectivity index (χ3n) is 2.20. The van der Waals surface area contributed by atoms with Crippen LogP contribution < -0.4 is 5.19 Å². The molecule has 2 heteroatoms. The zero-order valence-electron chi connectivity index (χ0n) is 8.40. The monoisotopic (exact) mass is 194 g/mol. The van der Waals surface area contributed by atoms with Gasteiger partial charge in [-0.05, 0) is 17.1 Å². The predicted octanol–water partition coefficient (Wildman–Crippen LogP) is 1.66. The van der Waals surface area contributed by atoms with Crippen LogP contribution in [-0.2, 0) is 0 Å². The van der Waals surface area contributed by atoms with Crippen molar-refractivity contribution in [2.75, 3.05) is 0 Å². The highest BCUT2D eigenvalue weighted by atomic mass is 28.3. The quantitative estimate of drug-likeness (QED) is 0.723. The molecule has 1 aromatic carbocycles. The maximum Gasteiger partial charge on any atom is 0.204 e. The minimum Gasteiger partial charge on any atom is -0.430 e. The van der Waals surface area contributed by atoms with Crippen LogP contribution >= 0.6 is 0 Å². The van der Waals surface area contributed by atoms with Crippen molar-refractivity contribution in [1.29, 1.82) is 0 Å². The Hall–Kier alpha value is -0.603. The van der Waals surface area contributed by atoms with Crippen LogP contribution in [-0.4, -0.2) is 13.8 Å². The number of hydrogen-bond acceptors (Lipinski definition) is 1. The molecule has 0 bridgehead atoms. The second-order valence-electron chi connectivity index (χ2n) is 3.90. The molecular weight excluding hydrogens is 176 g/mol. The van der Waals surface area contributed by atoms with Gasteiger partial charge in [-0.1, -0.05) is 50.6 Å². The predicted molar refractivity (Wildman–Crippen MR) is 59.7 cm³/mol. The average Bonchev–Trinajstić information content (AvgIpc) is 2.15. The highest BCUT2D eigenvalue weighted by Crippen LogP contribution is 2.06. The van der Waals surface area contributed by atoms with Gasteiger partial charge in [0.25, 0.3) is 0 Å². The molecule has 0 saturated carbocycles. The third-order valence-corrected chi connectivity index (χ3v) is 4.24. The van der Waals surface area contributed by atoms with Gasteiger partial charge in [-0.15, -0.1) is 0 Å². The van der Waals surface area contributed by atoms with Crippen LogP contribution in [0.3, 0.4) is 0 Å². The Morgan fingerprint density at radius 2 is 1.85 bits per heavy atom. The van der Waals surface area contributed by atoms with E-state index >= 15 is 0 Å². The first-order valence-corrected chi connectivity index (χ1v) is 6.84. The summed E-state index contributed by atoms with van der Waals surface area (Å²) in [5.74, 6) is 0.700. The van der Waals surface area contributed by atoms with Crippen LogP contribution in [0.5, 0.6) is 0 Å².